The van der Waals surface area contributed by atoms with Crippen LogP contribution in [0.1, 0.15) is 57.1 Å². The Morgan fingerprint density at radius 1 is 1.17 bits per heavy atom. The Morgan fingerprint density at radius 2 is 1.90 bits per heavy atom. The monoisotopic (exact) mass is 409 g/mol. The summed E-state index contributed by atoms with van der Waals surface area (Å²) >= 11 is 0. The number of urea groups is 1. The summed E-state index contributed by atoms with van der Waals surface area (Å²) in [6.07, 6.45) is 8.85. The molecule has 1 aromatic rings. The van der Waals surface area contributed by atoms with E-state index >= 15 is 0 Å². The number of benzene rings is 1. The van der Waals surface area contributed by atoms with E-state index in [9.17, 15) is 9.59 Å². The van der Waals surface area contributed by atoms with Crippen molar-refractivity contribution in [3.05, 3.63) is 58.7 Å². The molecule has 1 N–H and O–H groups in total. The standard InChI is InChI=1S/C25H35N3O2/c1-5-8-21-19(3)9-6-10-22(21)26-25(30)28-16-7-11-23(28)24(29)27(4)17-20-14-12-18(2)13-15-20/h5,8,12-15,22-23H,6-7,9-11,16-17H2,1-4H3,(H,26,30)/b8-5-. The lowest BCUT2D eigenvalue weighted by molar-refractivity contribution is -0.134. The summed E-state index contributed by atoms with van der Waals surface area (Å²) in [6.45, 7) is 7.40. The molecule has 0 spiro atoms. The first-order valence-corrected chi connectivity index (χ1v) is 11.1. The van der Waals surface area contributed by atoms with Crippen LogP contribution < -0.4 is 5.32 Å². The zero-order chi connectivity index (χ0) is 21.7. The van der Waals surface area contributed by atoms with E-state index in [1.807, 2.05) is 20.0 Å². The number of hydrogen-bond donors (Lipinski definition) is 1. The first kappa shape index (κ1) is 22.1. The van der Waals surface area contributed by atoms with Crippen molar-refractivity contribution >= 4 is 11.9 Å². The summed E-state index contributed by atoms with van der Waals surface area (Å²) in [5, 5.41) is 3.21. The van der Waals surface area contributed by atoms with Crippen LogP contribution in [0.3, 0.4) is 0 Å². The maximum Gasteiger partial charge on any atom is 0.318 e. The Kier molecular flexibility index (Phi) is 7.35. The van der Waals surface area contributed by atoms with Crippen molar-refractivity contribution in [1.29, 1.82) is 0 Å². The Balaban J connectivity index is 1.65. The van der Waals surface area contributed by atoms with Crippen LogP contribution in [0.15, 0.2) is 47.6 Å². The molecule has 5 nitrogen and oxygen atoms in total. The van der Waals surface area contributed by atoms with Crippen LogP contribution in [0.4, 0.5) is 4.79 Å². The highest BCUT2D eigenvalue weighted by Gasteiger charge is 2.36. The van der Waals surface area contributed by atoms with Gasteiger partial charge in [0.05, 0.1) is 6.04 Å². The molecule has 162 valence electrons. The molecule has 1 aliphatic heterocycles. The highest BCUT2D eigenvalue weighted by atomic mass is 16.2. The van der Waals surface area contributed by atoms with Gasteiger partial charge in [0, 0.05) is 20.1 Å². The number of likely N-dealkylation sites (tertiary alicyclic amines) is 1. The lowest BCUT2D eigenvalue weighted by Crippen LogP contribution is -2.52. The SMILES string of the molecule is C/C=C\C1=C(C)CCCC1NC(=O)N1CCCC1C(=O)N(C)Cc1ccc(C)cc1. The van der Waals surface area contributed by atoms with Crippen LogP contribution in [-0.2, 0) is 11.3 Å². The van der Waals surface area contributed by atoms with E-state index in [4.69, 9.17) is 0 Å². The zero-order valence-electron chi connectivity index (χ0n) is 18.8. The smallest absolute Gasteiger partial charge is 0.318 e. The van der Waals surface area contributed by atoms with Gasteiger partial charge in [-0.3, -0.25) is 4.79 Å². The second kappa shape index (κ2) is 9.96. The Hall–Kier alpha value is -2.56. The van der Waals surface area contributed by atoms with Crippen molar-refractivity contribution in [3.63, 3.8) is 0 Å². The number of nitrogens with zero attached hydrogens (tertiary/aromatic N) is 2. The molecule has 1 aliphatic carbocycles. The summed E-state index contributed by atoms with van der Waals surface area (Å²) in [6, 6.07) is 7.77. The Labute approximate surface area is 180 Å². The third kappa shape index (κ3) is 5.13. The van der Waals surface area contributed by atoms with Gasteiger partial charge in [0.1, 0.15) is 6.04 Å². The van der Waals surface area contributed by atoms with Gasteiger partial charge in [-0.15, -0.1) is 0 Å². The molecule has 3 amide bonds. The number of nitrogens with one attached hydrogen (secondary N) is 1. The van der Waals surface area contributed by atoms with E-state index in [0.717, 1.165) is 37.7 Å². The molecular weight excluding hydrogens is 374 g/mol. The number of hydrogen-bond acceptors (Lipinski definition) is 2. The zero-order valence-corrected chi connectivity index (χ0v) is 18.8. The number of aryl methyl sites for hydroxylation is 1. The van der Waals surface area contributed by atoms with Crippen molar-refractivity contribution in [2.24, 2.45) is 0 Å². The highest BCUT2D eigenvalue weighted by Crippen LogP contribution is 2.27. The van der Waals surface area contributed by atoms with Gasteiger partial charge in [-0.05, 0) is 64.0 Å². The van der Waals surface area contributed by atoms with Crippen molar-refractivity contribution in [2.45, 2.75) is 71.5 Å². The molecule has 0 radical (unpaired) electrons. The average molecular weight is 410 g/mol. The number of carbonyl (C=O) groups excluding carboxylic acids is 2. The summed E-state index contributed by atoms with van der Waals surface area (Å²) in [4.78, 5) is 29.7. The molecule has 5 heteroatoms. The van der Waals surface area contributed by atoms with Crippen molar-refractivity contribution in [2.75, 3.05) is 13.6 Å². The molecule has 1 heterocycles. The molecule has 3 rings (SSSR count). The number of allylic oxidation sites excluding steroid dienone is 2. The van der Waals surface area contributed by atoms with E-state index < -0.39 is 0 Å². The van der Waals surface area contributed by atoms with E-state index in [1.165, 1.54) is 16.7 Å². The van der Waals surface area contributed by atoms with Crippen LogP contribution in [-0.4, -0.2) is 47.4 Å². The summed E-state index contributed by atoms with van der Waals surface area (Å²) < 4.78 is 0. The summed E-state index contributed by atoms with van der Waals surface area (Å²) in [7, 11) is 1.83. The maximum atomic E-state index is 13.1. The Bertz CT molecular complexity index is 825. The number of likely N-dealkylation sites (N-methyl/N-ethyl adjacent to an activating group) is 1. The number of amides is 3. The van der Waals surface area contributed by atoms with Gasteiger partial charge in [0.2, 0.25) is 5.91 Å². The third-order valence-corrected chi connectivity index (χ3v) is 6.27. The fourth-order valence-corrected chi connectivity index (χ4v) is 4.55. The summed E-state index contributed by atoms with van der Waals surface area (Å²) in [5.41, 5.74) is 4.87. The molecular formula is C25H35N3O2. The van der Waals surface area contributed by atoms with Crippen LogP contribution in [0.5, 0.6) is 0 Å². The van der Waals surface area contributed by atoms with Gasteiger partial charge in [-0.25, -0.2) is 4.79 Å². The fraction of sp³-hybridized carbons (Fsp3) is 0.520. The van der Waals surface area contributed by atoms with Gasteiger partial charge in [0.25, 0.3) is 0 Å². The largest absolute Gasteiger partial charge is 0.340 e. The molecule has 0 saturated carbocycles. The molecule has 2 aliphatic rings. The molecule has 0 bridgehead atoms. The molecule has 2 unspecified atom stereocenters. The number of carbonyl (C=O) groups is 2. The van der Waals surface area contributed by atoms with Crippen LogP contribution in [0.25, 0.3) is 0 Å². The van der Waals surface area contributed by atoms with E-state index in [2.05, 4.69) is 49.5 Å². The van der Waals surface area contributed by atoms with Gasteiger partial charge >= 0.3 is 6.03 Å². The summed E-state index contributed by atoms with van der Waals surface area (Å²) in [5.74, 6) is 0.0206. The highest BCUT2D eigenvalue weighted by molar-refractivity contribution is 5.87. The predicted octanol–water partition coefficient (Wildman–Crippen LogP) is 4.57. The first-order chi connectivity index (χ1) is 14.4. The minimum absolute atomic E-state index is 0.0206. The molecule has 30 heavy (non-hydrogen) atoms. The second-order valence-electron chi connectivity index (χ2n) is 8.66. The number of rotatable bonds is 5. The molecule has 1 fully saturated rings. The predicted molar refractivity (Wildman–Crippen MR) is 121 cm³/mol. The van der Waals surface area contributed by atoms with Crippen LogP contribution in [0, 0.1) is 6.92 Å². The fourth-order valence-electron chi connectivity index (χ4n) is 4.55. The van der Waals surface area contributed by atoms with Crippen molar-refractivity contribution < 1.29 is 9.59 Å². The lowest BCUT2D eigenvalue weighted by Gasteiger charge is -2.32. The minimum Gasteiger partial charge on any atom is -0.340 e. The minimum atomic E-state index is -0.376. The molecule has 0 aromatic heterocycles. The van der Waals surface area contributed by atoms with E-state index in [-0.39, 0.29) is 24.0 Å². The molecule has 1 saturated heterocycles. The van der Waals surface area contributed by atoms with E-state index in [1.54, 1.807) is 9.80 Å². The topological polar surface area (TPSA) is 52.7 Å². The third-order valence-electron chi connectivity index (χ3n) is 6.27. The van der Waals surface area contributed by atoms with Crippen LogP contribution >= 0.6 is 0 Å². The van der Waals surface area contributed by atoms with Crippen LogP contribution in [0.2, 0.25) is 0 Å². The maximum absolute atomic E-state index is 13.1. The van der Waals surface area contributed by atoms with Crippen molar-refractivity contribution in [3.8, 4) is 0 Å². The molecule has 2 atom stereocenters. The first-order valence-electron chi connectivity index (χ1n) is 11.1. The van der Waals surface area contributed by atoms with Gasteiger partial charge in [0.15, 0.2) is 0 Å². The van der Waals surface area contributed by atoms with E-state index in [0.29, 0.717) is 13.1 Å². The second-order valence-corrected chi connectivity index (χ2v) is 8.66. The lowest BCUT2D eigenvalue weighted by atomic mass is 9.88. The Morgan fingerprint density at radius 3 is 2.60 bits per heavy atom. The van der Waals surface area contributed by atoms with Gasteiger partial charge in [-0.2, -0.15) is 0 Å². The van der Waals surface area contributed by atoms with Gasteiger partial charge in [-0.1, -0.05) is 47.6 Å². The normalized spacial score (nSPS) is 21.9. The quantitative estimate of drug-likeness (QED) is 0.774. The molecule has 1 aromatic carbocycles. The van der Waals surface area contributed by atoms with Gasteiger partial charge < -0.3 is 15.1 Å². The average Bonchev–Trinajstić information content (AvgIpc) is 3.21. The van der Waals surface area contributed by atoms with Crippen molar-refractivity contribution in [1.82, 2.24) is 15.1 Å².